The second-order valence-electron chi connectivity index (χ2n) is 5.95. The standard InChI is InChI=1S/C12H23BN2/c1-11(2)8-13(9-12(11,3)4)10(6-14)7-15-5/h6-7,14-15H,8-9H2,1-5H3/b10-7+,14-6?. The second-order valence-corrected chi connectivity index (χ2v) is 5.95. The fraction of sp³-hybridized carbons (Fsp3) is 0.750. The Labute approximate surface area is 94.1 Å². The molecule has 1 aliphatic heterocycles. The molecule has 0 atom stereocenters. The van der Waals surface area contributed by atoms with Gasteiger partial charge in [0, 0.05) is 13.3 Å². The largest absolute Gasteiger partial charge is 0.394 e. The first-order valence-corrected chi connectivity index (χ1v) is 5.72. The summed E-state index contributed by atoms with van der Waals surface area (Å²) in [6.45, 7) is 9.91. The van der Waals surface area contributed by atoms with Crippen molar-refractivity contribution in [2.75, 3.05) is 7.05 Å². The van der Waals surface area contributed by atoms with Crippen molar-refractivity contribution in [3.8, 4) is 0 Å². The number of hydrogen-bond acceptors (Lipinski definition) is 2. The number of hydrogen-bond donors (Lipinski definition) is 2. The Bertz CT molecular complexity index is 263. The van der Waals surface area contributed by atoms with Crippen molar-refractivity contribution in [1.29, 1.82) is 5.41 Å². The van der Waals surface area contributed by atoms with Crippen LogP contribution in [0.1, 0.15) is 27.7 Å². The molecule has 0 amide bonds. The van der Waals surface area contributed by atoms with Crippen LogP contribution < -0.4 is 5.32 Å². The summed E-state index contributed by atoms with van der Waals surface area (Å²) in [5, 5.41) is 10.5. The van der Waals surface area contributed by atoms with Crippen molar-refractivity contribution < 1.29 is 0 Å². The average molecular weight is 206 g/mol. The van der Waals surface area contributed by atoms with Crippen molar-refractivity contribution in [3.63, 3.8) is 0 Å². The second kappa shape index (κ2) is 4.03. The summed E-state index contributed by atoms with van der Waals surface area (Å²) >= 11 is 0. The third-order valence-corrected chi connectivity index (χ3v) is 4.29. The van der Waals surface area contributed by atoms with E-state index in [2.05, 4.69) is 33.0 Å². The average Bonchev–Trinajstić information content (AvgIpc) is 2.32. The molecule has 0 aromatic rings. The van der Waals surface area contributed by atoms with Gasteiger partial charge in [-0.2, -0.15) is 0 Å². The minimum atomic E-state index is 0.369. The van der Waals surface area contributed by atoms with Gasteiger partial charge in [-0.05, 0) is 22.5 Å². The van der Waals surface area contributed by atoms with Gasteiger partial charge in [0.2, 0.25) is 0 Å². The van der Waals surface area contributed by atoms with E-state index in [9.17, 15) is 0 Å². The van der Waals surface area contributed by atoms with E-state index < -0.39 is 0 Å². The molecule has 15 heavy (non-hydrogen) atoms. The van der Waals surface area contributed by atoms with Crippen LogP contribution in [0.25, 0.3) is 0 Å². The first-order valence-electron chi connectivity index (χ1n) is 5.72. The molecule has 2 N–H and O–H groups in total. The van der Waals surface area contributed by atoms with E-state index in [1.807, 2.05) is 13.2 Å². The lowest BCUT2D eigenvalue weighted by Crippen LogP contribution is -2.24. The lowest BCUT2D eigenvalue weighted by atomic mass is 9.42. The van der Waals surface area contributed by atoms with Crippen LogP contribution >= 0.6 is 0 Å². The SMILES string of the molecule is CN/C=C(\C=N)B1CC(C)(C)C(C)(C)C1. The summed E-state index contributed by atoms with van der Waals surface area (Å²) in [7, 11) is 1.90. The lowest BCUT2D eigenvalue weighted by Gasteiger charge is -2.35. The van der Waals surface area contributed by atoms with Gasteiger partial charge in [-0.25, -0.2) is 0 Å². The predicted octanol–water partition coefficient (Wildman–Crippen LogP) is 2.84. The molecule has 1 saturated heterocycles. The third-order valence-electron chi connectivity index (χ3n) is 4.29. The highest BCUT2D eigenvalue weighted by Gasteiger charge is 2.48. The van der Waals surface area contributed by atoms with Crippen molar-refractivity contribution in [2.45, 2.75) is 40.3 Å². The van der Waals surface area contributed by atoms with Crippen molar-refractivity contribution >= 4 is 12.9 Å². The highest BCUT2D eigenvalue weighted by atomic mass is 14.8. The van der Waals surface area contributed by atoms with E-state index in [1.54, 1.807) is 0 Å². The zero-order chi connectivity index (χ0) is 11.7. The van der Waals surface area contributed by atoms with E-state index in [1.165, 1.54) is 18.9 Å². The van der Waals surface area contributed by atoms with Gasteiger partial charge < -0.3 is 10.7 Å². The molecule has 1 aliphatic rings. The molecular formula is C12H23BN2. The van der Waals surface area contributed by atoms with Gasteiger partial charge in [0.05, 0.1) is 0 Å². The Morgan fingerprint density at radius 1 is 1.20 bits per heavy atom. The molecule has 0 aliphatic carbocycles. The Kier molecular flexibility index (Phi) is 3.32. The number of allylic oxidation sites excluding steroid dienone is 1. The van der Waals surface area contributed by atoms with E-state index in [-0.39, 0.29) is 0 Å². The summed E-state index contributed by atoms with van der Waals surface area (Å²) in [5.74, 6) is 0. The summed E-state index contributed by atoms with van der Waals surface area (Å²) in [5.41, 5.74) is 1.87. The van der Waals surface area contributed by atoms with Crippen LogP contribution in [0.3, 0.4) is 0 Å². The topological polar surface area (TPSA) is 35.9 Å². The number of rotatable bonds is 3. The molecule has 0 saturated carbocycles. The molecule has 3 heteroatoms. The maximum Gasteiger partial charge on any atom is 0.180 e. The zero-order valence-electron chi connectivity index (χ0n) is 10.6. The minimum Gasteiger partial charge on any atom is -0.394 e. The van der Waals surface area contributed by atoms with Crippen LogP contribution in [-0.2, 0) is 0 Å². The Morgan fingerprint density at radius 3 is 2.00 bits per heavy atom. The van der Waals surface area contributed by atoms with Gasteiger partial charge in [-0.15, -0.1) is 0 Å². The maximum absolute atomic E-state index is 7.45. The maximum atomic E-state index is 7.45. The molecule has 0 unspecified atom stereocenters. The molecule has 0 bridgehead atoms. The van der Waals surface area contributed by atoms with Gasteiger partial charge in [0.25, 0.3) is 0 Å². The van der Waals surface area contributed by atoms with Gasteiger partial charge >= 0.3 is 0 Å². The summed E-state index contributed by atoms with van der Waals surface area (Å²) in [4.78, 5) is 0. The molecule has 1 fully saturated rings. The van der Waals surface area contributed by atoms with Crippen molar-refractivity contribution in [3.05, 3.63) is 11.7 Å². The molecule has 0 radical (unpaired) electrons. The molecular weight excluding hydrogens is 183 g/mol. The molecule has 2 nitrogen and oxygen atoms in total. The number of nitrogens with one attached hydrogen (secondary N) is 2. The molecule has 84 valence electrons. The van der Waals surface area contributed by atoms with Gasteiger partial charge in [0.15, 0.2) is 6.71 Å². The van der Waals surface area contributed by atoms with E-state index >= 15 is 0 Å². The smallest absolute Gasteiger partial charge is 0.180 e. The first kappa shape index (κ1) is 12.3. The highest BCUT2D eigenvalue weighted by molar-refractivity contribution is 6.72. The van der Waals surface area contributed by atoms with Gasteiger partial charge in [-0.1, -0.05) is 40.3 Å². The molecule has 0 spiro atoms. The van der Waals surface area contributed by atoms with Crippen LogP contribution in [0.2, 0.25) is 12.6 Å². The van der Waals surface area contributed by atoms with Gasteiger partial charge in [0.1, 0.15) is 0 Å². The van der Waals surface area contributed by atoms with E-state index in [4.69, 9.17) is 5.41 Å². The molecule has 1 heterocycles. The van der Waals surface area contributed by atoms with E-state index in [0.29, 0.717) is 17.5 Å². The van der Waals surface area contributed by atoms with Crippen LogP contribution in [0.4, 0.5) is 0 Å². The Morgan fingerprint density at radius 2 is 1.67 bits per heavy atom. The van der Waals surface area contributed by atoms with Crippen LogP contribution in [0.15, 0.2) is 11.7 Å². The van der Waals surface area contributed by atoms with Crippen LogP contribution in [-0.4, -0.2) is 20.0 Å². The normalized spacial score (nSPS) is 24.1. The van der Waals surface area contributed by atoms with Crippen molar-refractivity contribution in [1.82, 2.24) is 5.32 Å². The van der Waals surface area contributed by atoms with Crippen LogP contribution in [0, 0.1) is 16.2 Å². The first-order chi connectivity index (χ1) is 6.84. The third kappa shape index (κ3) is 2.27. The predicted molar refractivity (Wildman–Crippen MR) is 68.9 cm³/mol. The zero-order valence-corrected chi connectivity index (χ0v) is 10.6. The summed E-state index contributed by atoms with van der Waals surface area (Å²) in [6, 6.07) is 0. The van der Waals surface area contributed by atoms with Crippen LogP contribution in [0.5, 0.6) is 0 Å². The molecule has 0 aromatic carbocycles. The molecule has 0 aromatic heterocycles. The quantitative estimate of drug-likeness (QED) is 0.540. The van der Waals surface area contributed by atoms with Gasteiger partial charge in [-0.3, -0.25) is 0 Å². The lowest BCUT2D eigenvalue weighted by molar-refractivity contribution is 0.177. The summed E-state index contributed by atoms with van der Waals surface area (Å²) in [6.07, 6.45) is 5.83. The Hall–Kier alpha value is -0.725. The highest BCUT2D eigenvalue weighted by Crippen LogP contribution is 2.53. The fourth-order valence-corrected chi connectivity index (χ4v) is 2.54. The summed E-state index contributed by atoms with van der Waals surface area (Å²) < 4.78 is 0. The van der Waals surface area contributed by atoms with Crippen molar-refractivity contribution in [2.24, 2.45) is 10.8 Å². The molecule has 1 rings (SSSR count). The fourth-order valence-electron chi connectivity index (χ4n) is 2.54. The monoisotopic (exact) mass is 206 g/mol. The minimum absolute atomic E-state index is 0.369. The van der Waals surface area contributed by atoms with E-state index in [0.717, 1.165) is 5.47 Å². The Balaban J connectivity index is 2.86.